The van der Waals surface area contributed by atoms with Crippen molar-refractivity contribution in [3.8, 4) is 6.07 Å². The van der Waals surface area contributed by atoms with Crippen molar-refractivity contribution in [3.63, 3.8) is 0 Å². The second-order valence-electron chi connectivity index (χ2n) is 9.52. The average Bonchev–Trinajstić information content (AvgIpc) is 3.35. The predicted octanol–water partition coefficient (Wildman–Crippen LogP) is 4.78. The van der Waals surface area contributed by atoms with Gasteiger partial charge in [0.05, 0.1) is 12.1 Å². The summed E-state index contributed by atoms with van der Waals surface area (Å²) in [6, 6.07) is 22.8. The minimum absolute atomic E-state index is 0.00528. The van der Waals surface area contributed by atoms with Crippen LogP contribution in [0.2, 0.25) is 0 Å². The lowest BCUT2D eigenvalue weighted by molar-refractivity contribution is -0.119. The zero-order valence-electron chi connectivity index (χ0n) is 19.1. The van der Waals surface area contributed by atoms with Crippen molar-refractivity contribution in [2.45, 2.75) is 44.8 Å². The summed E-state index contributed by atoms with van der Waals surface area (Å²) in [4.78, 5) is 12.3. The first-order valence-electron chi connectivity index (χ1n) is 11.3. The van der Waals surface area contributed by atoms with Crippen molar-refractivity contribution < 1.29 is 9.53 Å². The lowest BCUT2D eigenvalue weighted by atomic mass is 9.79. The Morgan fingerprint density at radius 1 is 1.12 bits per heavy atom. The Kier molecular flexibility index (Phi) is 6.17. The summed E-state index contributed by atoms with van der Waals surface area (Å²) < 4.78 is 6.37. The Morgan fingerprint density at radius 3 is 2.25 bits per heavy atom. The van der Waals surface area contributed by atoms with E-state index in [0.717, 1.165) is 30.5 Å². The van der Waals surface area contributed by atoms with Gasteiger partial charge < -0.3 is 4.74 Å². The van der Waals surface area contributed by atoms with Gasteiger partial charge in [0.1, 0.15) is 11.5 Å². The zero-order chi connectivity index (χ0) is 22.8. The van der Waals surface area contributed by atoms with Gasteiger partial charge in [-0.2, -0.15) is 10.4 Å². The van der Waals surface area contributed by atoms with Crippen LogP contribution in [0.4, 0.5) is 0 Å². The highest BCUT2D eigenvalue weighted by Crippen LogP contribution is 2.45. The Bertz CT molecular complexity index is 971. The molecule has 0 radical (unpaired) electrons. The number of ether oxygens (including phenoxy) is 1. The number of hydrogen-bond donors (Lipinski definition) is 0. The van der Waals surface area contributed by atoms with Crippen molar-refractivity contribution >= 4 is 12.0 Å². The van der Waals surface area contributed by atoms with Gasteiger partial charge in [-0.25, -0.2) is 0 Å². The van der Waals surface area contributed by atoms with Gasteiger partial charge in [0, 0.05) is 32.2 Å². The number of carbonyl (C=O) groups excluding carboxylic acids is 1. The number of methoxy groups -OCH3 is 1. The summed E-state index contributed by atoms with van der Waals surface area (Å²) in [5, 5.41) is 16.6. The van der Waals surface area contributed by atoms with E-state index in [1.807, 2.05) is 56.5 Å². The van der Waals surface area contributed by atoms with Crippen LogP contribution < -0.4 is 0 Å². The van der Waals surface area contributed by atoms with E-state index < -0.39 is 11.5 Å². The molecule has 0 aromatic heterocycles. The maximum Gasteiger partial charge on any atom is 0.151 e. The van der Waals surface area contributed by atoms with Gasteiger partial charge in [-0.15, -0.1) is 0 Å². The highest BCUT2D eigenvalue weighted by Gasteiger charge is 2.49. The van der Waals surface area contributed by atoms with Crippen LogP contribution in [0.3, 0.4) is 0 Å². The number of benzene rings is 2. The van der Waals surface area contributed by atoms with E-state index in [0.29, 0.717) is 6.42 Å². The molecule has 32 heavy (non-hydrogen) atoms. The van der Waals surface area contributed by atoms with Crippen molar-refractivity contribution in [1.29, 1.82) is 5.26 Å². The highest BCUT2D eigenvalue weighted by molar-refractivity contribution is 5.91. The van der Waals surface area contributed by atoms with E-state index in [1.54, 1.807) is 7.11 Å². The number of carbonyl (C=O) groups is 1. The quantitative estimate of drug-likeness (QED) is 0.620. The number of ketones is 1. The molecule has 5 nitrogen and oxygen atoms in total. The molecule has 166 valence electrons. The second-order valence-corrected chi connectivity index (χ2v) is 9.52. The second kappa shape index (κ2) is 8.88. The highest BCUT2D eigenvalue weighted by atomic mass is 16.5. The Hall–Kier alpha value is -2.97. The molecule has 0 bridgehead atoms. The van der Waals surface area contributed by atoms with Crippen molar-refractivity contribution in [3.05, 3.63) is 71.8 Å². The fraction of sp³-hybridized carbons (Fsp3) is 0.444. The number of nitriles is 1. The lowest BCUT2D eigenvalue weighted by Crippen LogP contribution is -2.48. The van der Waals surface area contributed by atoms with Gasteiger partial charge in [0.15, 0.2) is 5.78 Å². The summed E-state index contributed by atoms with van der Waals surface area (Å²) in [6.45, 7) is 4.91. The molecule has 0 spiro atoms. The summed E-state index contributed by atoms with van der Waals surface area (Å²) >= 11 is 0. The normalized spacial score (nSPS) is 25.4. The smallest absolute Gasteiger partial charge is 0.151 e. The third kappa shape index (κ3) is 3.73. The van der Waals surface area contributed by atoms with Crippen LogP contribution in [-0.4, -0.2) is 36.7 Å². The first-order valence-corrected chi connectivity index (χ1v) is 11.3. The van der Waals surface area contributed by atoms with Crippen LogP contribution in [0.5, 0.6) is 0 Å². The van der Waals surface area contributed by atoms with Gasteiger partial charge >= 0.3 is 0 Å². The Morgan fingerprint density at radius 2 is 1.72 bits per heavy atom. The van der Waals surface area contributed by atoms with Crippen LogP contribution >= 0.6 is 0 Å². The van der Waals surface area contributed by atoms with Crippen molar-refractivity contribution in [1.82, 2.24) is 5.01 Å². The zero-order valence-corrected chi connectivity index (χ0v) is 19.1. The van der Waals surface area contributed by atoms with Crippen LogP contribution in [-0.2, 0) is 15.1 Å². The Labute approximate surface area is 190 Å². The van der Waals surface area contributed by atoms with Gasteiger partial charge in [-0.05, 0) is 29.4 Å². The maximum atomic E-state index is 12.3. The molecule has 1 saturated carbocycles. The SMILES string of the molecule is COC(c1ccccc1)(c1ccccc1)[C@@H]1CCCN1/N=C/[C@H]1[C@H](C#N)C(=O)CC1(C)C. The fourth-order valence-electron chi connectivity index (χ4n) is 5.52. The monoisotopic (exact) mass is 429 g/mol. The van der Waals surface area contributed by atoms with Gasteiger partial charge in [0.25, 0.3) is 0 Å². The minimum atomic E-state index is -0.675. The molecule has 2 fully saturated rings. The first kappa shape index (κ1) is 22.2. The van der Waals surface area contributed by atoms with Gasteiger partial charge in [0.2, 0.25) is 0 Å². The Balaban J connectivity index is 1.74. The molecule has 1 aliphatic carbocycles. The van der Waals surface area contributed by atoms with Gasteiger partial charge in [-0.1, -0.05) is 74.5 Å². The van der Waals surface area contributed by atoms with E-state index in [9.17, 15) is 10.1 Å². The summed E-state index contributed by atoms with van der Waals surface area (Å²) in [5.74, 6) is -0.788. The molecule has 3 atom stereocenters. The molecule has 4 rings (SSSR count). The number of rotatable bonds is 6. The third-order valence-corrected chi connectivity index (χ3v) is 7.17. The number of hydrazone groups is 1. The molecule has 1 heterocycles. The molecule has 5 heteroatoms. The summed E-state index contributed by atoms with van der Waals surface area (Å²) in [5.41, 5.74) is 1.23. The number of hydrogen-bond acceptors (Lipinski definition) is 5. The fourth-order valence-corrected chi connectivity index (χ4v) is 5.52. The molecule has 1 saturated heterocycles. The van der Waals surface area contributed by atoms with E-state index in [4.69, 9.17) is 9.84 Å². The minimum Gasteiger partial charge on any atom is -0.367 e. The number of Topliss-reactive ketones (excluding diaryl/α,β-unsaturated/α-hetero) is 1. The first-order chi connectivity index (χ1) is 15.4. The maximum absolute atomic E-state index is 12.3. The molecule has 0 N–H and O–H groups in total. The number of nitrogens with zero attached hydrogens (tertiary/aromatic N) is 3. The van der Waals surface area contributed by atoms with Crippen LogP contribution in [0, 0.1) is 28.6 Å². The van der Waals surface area contributed by atoms with E-state index in [1.165, 1.54) is 0 Å². The van der Waals surface area contributed by atoms with E-state index in [2.05, 4.69) is 35.3 Å². The average molecular weight is 430 g/mol. The molecular formula is C27H31N3O2. The third-order valence-electron chi connectivity index (χ3n) is 7.17. The largest absolute Gasteiger partial charge is 0.367 e. The molecule has 0 amide bonds. The molecule has 2 aromatic carbocycles. The molecule has 0 unspecified atom stereocenters. The topological polar surface area (TPSA) is 65.7 Å². The van der Waals surface area contributed by atoms with Crippen LogP contribution in [0.1, 0.15) is 44.2 Å². The van der Waals surface area contributed by atoms with Crippen molar-refractivity contribution in [2.24, 2.45) is 22.4 Å². The standard InChI is InChI=1S/C27H31N3O2/c1-26(2)17-24(31)22(18-28)23(26)19-29-30-16-10-15-25(30)27(32-3,20-11-6-4-7-12-20)21-13-8-5-9-14-21/h4-9,11-14,19,22-23,25H,10,15-17H2,1-3H3/b29-19+/t22-,23-,25-/m0/s1. The molecule has 2 aromatic rings. The van der Waals surface area contributed by atoms with E-state index in [-0.39, 0.29) is 23.2 Å². The predicted molar refractivity (Wildman–Crippen MR) is 125 cm³/mol. The van der Waals surface area contributed by atoms with Crippen LogP contribution in [0.15, 0.2) is 65.8 Å². The lowest BCUT2D eigenvalue weighted by Gasteiger charge is -2.42. The van der Waals surface area contributed by atoms with Crippen LogP contribution in [0.25, 0.3) is 0 Å². The molecule has 2 aliphatic rings. The summed E-state index contributed by atoms with van der Waals surface area (Å²) in [7, 11) is 1.77. The molecule has 1 aliphatic heterocycles. The van der Waals surface area contributed by atoms with Gasteiger partial charge in [-0.3, -0.25) is 9.80 Å². The molecular weight excluding hydrogens is 398 g/mol. The van der Waals surface area contributed by atoms with E-state index >= 15 is 0 Å². The summed E-state index contributed by atoms with van der Waals surface area (Å²) in [6.07, 6.45) is 4.21. The van der Waals surface area contributed by atoms with Crippen molar-refractivity contribution in [2.75, 3.05) is 13.7 Å².